The number of rotatable bonds is 5. The Balaban J connectivity index is 1.42. The summed E-state index contributed by atoms with van der Waals surface area (Å²) < 4.78 is 0. The quantitative estimate of drug-likeness (QED) is 0.865. The Bertz CT molecular complexity index is 816. The third-order valence-corrected chi connectivity index (χ3v) is 6.64. The second-order valence-corrected chi connectivity index (χ2v) is 8.45. The molecule has 0 radical (unpaired) electrons. The lowest BCUT2D eigenvalue weighted by atomic mass is 9.71. The van der Waals surface area contributed by atoms with Crippen LogP contribution in [0.15, 0.2) is 48.7 Å². The number of nitrogens with zero attached hydrogens (tertiary/aromatic N) is 3. The van der Waals surface area contributed by atoms with E-state index in [0.29, 0.717) is 6.54 Å². The summed E-state index contributed by atoms with van der Waals surface area (Å²) in [5, 5.41) is 9.90. The molecule has 148 valence electrons. The Kier molecular flexibility index (Phi) is 5.47. The van der Waals surface area contributed by atoms with Gasteiger partial charge in [0.1, 0.15) is 0 Å². The van der Waals surface area contributed by atoms with Crippen molar-refractivity contribution in [3.05, 3.63) is 65.5 Å². The molecule has 0 amide bonds. The summed E-state index contributed by atoms with van der Waals surface area (Å²) in [5.74, 6) is -0.923. The Labute approximate surface area is 167 Å². The van der Waals surface area contributed by atoms with Gasteiger partial charge in [0, 0.05) is 37.8 Å². The monoisotopic (exact) mass is 379 g/mol. The first-order valence-electron chi connectivity index (χ1n) is 10.2. The van der Waals surface area contributed by atoms with Crippen molar-refractivity contribution in [2.24, 2.45) is 11.3 Å². The zero-order chi connectivity index (χ0) is 19.6. The normalized spacial score (nSPS) is 22.5. The molecule has 2 aliphatic heterocycles. The number of benzene rings is 1. The molecule has 2 aromatic rings. The fourth-order valence-electron chi connectivity index (χ4n) is 4.94. The summed E-state index contributed by atoms with van der Waals surface area (Å²) >= 11 is 0. The number of likely N-dealkylation sites (tertiary alicyclic amines) is 2. The lowest BCUT2D eigenvalue weighted by Crippen LogP contribution is -2.45. The SMILES string of the molecule is Cc1ccccc1CN1CCC2(CC1)CN(Cc1ccccn1)CC2C(=O)O. The molecule has 3 heterocycles. The maximum atomic E-state index is 12.0. The Morgan fingerprint density at radius 2 is 1.86 bits per heavy atom. The molecule has 5 heteroatoms. The molecule has 0 saturated carbocycles. The van der Waals surface area contributed by atoms with Crippen LogP contribution in [0.1, 0.15) is 29.7 Å². The molecule has 1 aromatic carbocycles. The van der Waals surface area contributed by atoms with Gasteiger partial charge in [-0.05, 0) is 56.1 Å². The summed E-state index contributed by atoms with van der Waals surface area (Å²) in [6.07, 6.45) is 3.71. The van der Waals surface area contributed by atoms with Crippen LogP contribution in [-0.2, 0) is 17.9 Å². The van der Waals surface area contributed by atoms with E-state index in [-0.39, 0.29) is 11.3 Å². The molecule has 4 rings (SSSR count). The fourth-order valence-corrected chi connectivity index (χ4v) is 4.94. The van der Waals surface area contributed by atoms with Crippen molar-refractivity contribution in [2.75, 3.05) is 26.2 Å². The topological polar surface area (TPSA) is 56.7 Å². The first-order valence-corrected chi connectivity index (χ1v) is 10.2. The van der Waals surface area contributed by atoms with E-state index < -0.39 is 5.97 Å². The van der Waals surface area contributed by atoms with Gasteiger partial charge in [0.25, 0.3) is 0 Å². The first-order chi connectivity index (χ1) is 13.6. The van der Waals surface area contributed by atoms with Crippen LogP contribution in [0.4, 0.5) is 0 Å². The molecule has 0 aliphatic carbocycles. The number of aryl methyl sites for hydroxylation is 1. The first kappa shape index (κ1) is 19.1. The Morgan fingerprint density at radius 1 is 1.11 bits per heavy atom. The number of pyridine rings is 1. The van der Waals surface area contributed by atoms with Crippen molar-refractivity contribution >= 4 is 5.97 Å². The van der Waals surface area contributed by atoms with Gasteiger partial charge >= 0.3 is 5.97 Å². The number of carboxylic acid groups (broad SMARTS) is 1. The molecular weight excluding hydrogens is 350 g/mol. The predicted octanol–water partition coefficient (Wildman–Crippen LogP) is 3.19. The van der Waals surface area contributed by atoms with Crippen LogP contribution in [0.3, 0.4) is 0 Å². The van der Waals surface area contributed by atoms with Gasteiger partial charge in [-0.1, -0.05) is 30.3 Å². The van der Waals surface area contributed by atoms with Gasteiger partial charge in [-0.3, -0.25) is 19.6 Å². The molecule has 2 aliphatic rings. The molecule has 28 heavy (non-hydrogen) atoms. The van der Waals surface area contributed by atoms with Crippen LogP contribution in [0.5, 0.6) is 0 Å². The highest BCUT2D eigenvalue weighted by molar-refractivity contribution is 5.72. The van der Waals surface area contributed by atoms with Gasteiger partial charge in [0.05, 0.1) is 11.6 Å². The van der Waals surface area contributed by atoms with E-state index in [1.54, 1.807) is 6.20 Å². The maximum Gasteiger partial charge on any atom is 0.308 e. The molecule has 2 saturated heterocycles. The lowest BCUT2D eigenvalue weighted by Gasteiger charge is -2.41. The highest BCUT2D eigenvalue weighted by atomic mass is 16.4. The molecule has 0 bridgehead atoms. The van der Waals surface area contributed by atoms with Crippen molar-refractivity contribution in [1.29, 1.82) is 0 Å². The van der Waals surface area contributed by atoms with E-state index in [2.05, 4.69) is 46.0 Å². The average Bonchev–Trinajstić information content (AvgIpc) is 3.04. The molecule has 1 aromatic heterocycles. The number of aliphatic carboxylic acids is 1. The number of aromatic nitrogens is 1. The van der Waals surface area contributed by atoms with Gasteiger partial charge in [-0.2, -0.15) is 0 Å². The van der Waals surface area contributed by atoms with Gasteiger partial charge in [0.2, 0.25) is 0 Å². The second kappa shape index (κ2) is 8.02. The average molecular weight is 380 g/mol. The van der Waals surface area contributed by atoms with E-state index in [9.17, 15) is 9.90 Å². The Hall–Kier alpha value is -2.24. The third-order valence-electron chi connectivity index (χ3n) is 6.64. The summed E-state index contributed by atoms with van der Waals surface area (Å²) in [6, 6.07) is 14.5. The number of carbonyl (C=O) groups is 1. The van der Waals surface area contributed by atoms with Crippen molar-refractivity contribution in [3.63, 3.8) is 0 Å². The van der Waals surface area contributed by atoms with Gasteiger partial charge in [0.15, 0.2) is 0 Å². The maximum absolute atomic E-state index is 12.0. The minimum absolute atomic E-state index is 0.108. The molecular formula is C23H29N3O2. The van der Waals surface area contributed by atoms with Crippen LogP contribution in [0.25, 0.3) is 0 Å². The summed E-state index contributed by atoms with van der Waals surface area (Å²) in [6.45, 7) is 7.28. The van der Waals surface area contributed by atoms with Gasteiger partial charge < -0.3 is 5.11 Å². The number of piperidine rings is 1. The molecule has 1 atom stereocenters. The highest BCUT2D eigenvalue weighted by Crippen LogP contribution is 2.45. The van der Waals surface area contributed by atoms with Crippen LogP contribution >= 0.6 is 0 Å². The van der Waals surface area contributed by atoms with Crippen LogP contribution in [0, 0.1) is 18.3 Å². The minimum Gasteiger partial charge on any atom is -0.481 e. The van der Waals surface area contributed by atoms with Crippen LogP contribution in [-0.4, -0.2) is 52.0 Å². The van der Waals surface area contributed by atoms with Crippen LogP contribution in [0.2, 0.25) is 0 Å². The molecule has 5 nitrogen and oxygen atoms in total. The zero-order valence-electron chi connectivity index (χ0n) is 16.6. The molecule has 2 fully saturated rings. The fraction of sp³-hybridized carbons (Fsp3) is 0.478. The standard InChI is InChI=1S/C23H29N3O2/c1-18-6-2-3-7-19(18)14-25-12-9-23(10-13-25)17-26(16-21(23)22(27)28)15-20-8-4-5-11-24-20/h2-8,11,21H,9-10,12-17H2,1H3,(H,27,28). The van der Waals surface area contributed by atoms with Crippen molar-refractivity contribution in [1.82, 2.24) is 14.8 Å². The number of hydrogen-bond donors (Lipinski definition) is 1. The van der Waals surface area contributed by atoms with Crippen LogP contribution < -0.4 is 0 Å². The second-order valence-electron chi connectivity index (χ2n) is 8.45. The smallest absolute Gasteiger partial charge is 0.308 e. The van der Waals surface area contributed by atoms with E-state index in [0.717, 1.165) is 51.3 Å². The van der Waals surface area contributed by atoms with E-state index in [4.69, 9.17) is 0 Å². The lowest BCUT2D eigenvalue weighted by molar-refractivity contribution is -0.146. The van der Waals surface area contributed by atoms with E-state index in [1.807, 2.05) is 18.2 Å². The van der Waals surface area contributed by atoms with Crippen molar-refractivity contribution < 1.29 is 9.90 Å². The zero-order valence-corrected chi connectivity index (χ0v) is 16.6. The highest BCUT2D eigenvalue weighted by Gasteiger charge is 2.51. The summed E-state index contributed by atoms with van der Waals surface area (Å²) in [7, 11) is 0. The van der Waals surface area contributed by atoms with Gasteiger partial charge in [-0.15, -0.1) is 0 Å². The Morgan fingerprint density at radius 3 is 2.54 bits per heavy atom. The third kappa shape index (κ3) is 3.96. The molecule has 1 unspecified atom stereocenters. The molecule has 1 spiro atoms. The van der Waals surface area contributed by atoms with Crippen molar-refractivity contribution in [2.45, 2.75) is 32.9 Å². The largest absolute Gasteiger partial charge is 0.481 e. The number of carboxylic acids is 1. The summed E-state index contributed by atoms with van der Waals surface area (Å²) in [5.41, 5.74) is 3.61. The number of hydrogen-bond acceptors (Lipinski definition) is 4. The minimum atomic E-state index is -0.643. The van der Waals surface area contributed by atoms with E-state index >= 15 is 0 Å². The van der Waals surface area contributed by atoms with E-state index in [1.165, 1.54) is 11.1 Å². The van der Waals surface area contributed by atoms with Crippen molar-refractivity contribution in [3.8, 4) is 0 Å². The summed E-state index contributed by atoms with van der Waals surface area (Å²) in [4.78, 5) is 21.2. The predicted molar refractivity (Wildman–Crippen MR) is 109 cm³/mol. The molecule has 1 N–H and O–H groups in total. The van der Waals surface area contributed by atoms with Gasteiger partial charge in [-0.25, -0.2) is 0 Å².